The smallest absolute Gasteiger partial charge is 0.325 e. The Kier molecular flexibility index (Phi) is 6.12. The Morgan fingerprint density at radius 3 is 2.47 bits per heavy atom. The van der Waals surface area contributed by atoms with Gasteiger partial charge in [-0.25, -0.2) is 14.2 Å². The molecule has 0 aliphatic rings. The van der Waals surface area contributed by atoms with Gasteiger partial charge < -0.3 is 5.32 Å². The fraction of sp³-hybridized carbons (Fsp3) is 0.364. The van der Waals surface area contributed by atoms with Gasteiger partial charge >= 0.3 is 11.4 Å². The van der Waals surface area contributed by atoms with Crippen LogP contribution in [-0.2, 0) is 12.0 Å². The van der Waals surface area contributed by atoms with Crippen LogP contribution in [-0.4, -0.2) is 19.1 Å². The average Bonchev–Trinajstić information content (AvgIpc) is 2.65. The molecule has 3 aromatic rings. The maximum Gasteiger partial charge on any atom is 0.355 e. The second kappa shape index (κ2) is 8.44. The van der Waals surface area contributed by atoms with E-state index in [9.17, 15) is 9.59 Å². The predicted octanol–water partition coefficient (Wildman–Crippen LogP) is 4.12. The molecule has 158 valence electrons. The van der Waals surface area contributed by atoms with E-state index in [-0.39, 0.29) is 23.9 Å². The van der Waals surface area contributed by atoms with Gasteiger partial charge in [-0.3, -0.25) is 9.55 Å². The monoisotopic (exact) mass is 427 g/mol. The summed E-state index contributed by atoms with van der Waals surface area (Å²) in [6.45, 7) is 10.1. The molecule has 0 atom stereocenters. The zero-order chi connectivity index (χ0) is 22.1. The molecule has 2 heterocycles. The van der Waals surface area contributed by atoms with Crippen molar-refractivity contribution in [2.75, 3.05) is 5.32 Å². The van der Waals surface area contributed by atoms with Gasteiger partial charge in [0, 0.05) is 17.9 Å². The summed E-state index contributed by atoms with van der Waals surface area (Å²) < 4.78 is 2.55. The second-order valence-electron chi connectivity index (χ2n) is 8.47. The molecule has 0 saturated carbocycles. The Morgan fingerprint density at radius 1 is 1.13 bits per heavy atom. The molecule has 0 fully saturated rings. The van der Waals surface area contributed by atoms with Crippen LogP contribution in [0.25, 0.3) is 0 Å². The van der Waals surface area contributed by atoms with Crippen LogP contribution in [0.2, 0.25) is 5.02 Å². The molecule has 2 aromatic heterocycles. The molecule has 30 heavy (non-hydrogen) atoms. The van der Waals surface area contributed by atoms with Crippen LogP contribution in [0.1, 0.15) is 51.9 Å². The quantitative estimate of drug-likeness (QED) is 0.662. The van der Waals surface area contributed by atoms with E-state index in [1.165, 1.54) is 10.8 Å². The average molecular weight is 428 g/mol. The van der Waals surface area contributed by atoms with Gasteiger partial charge in [0.25, 0.3) is 0 Å². The Bertz CT molecular complexity index is 1160. The third kappa shape index (κ3) is 4.79. The first-order valence-corrected chi connectivity index (χ1v) is 10.2. The highest BCUT2D eigenvalue weighted by molar-refractivity contribution is 6.30. The summed E-state index contributed by atoms with van der Waals surface area (Å²) in [5.41, 5.74) is 1.41. The Labute approximate surface area is 180 Å². The molecule has 8 heteroatoms. The number of benzene rings is 1. The minimum atomic E-state index is -0.593. The molecule has 1 N–H and O–H groups in total. The molecule has 0 aliphatic heterocycles. The van der Waals surface area contributed by atoms with Crippen LogP contribution in [0.3, 0.4) is 0 Å². The lowest BCUT2D eigenvalue weighted by Gasteiger charge is -2.21. The zero-order valence-corrected chi connectivity index (χ0v) is 18.6. The lowest BCUT2D eigenvalue weighted by molar-refractivity contribution is 0.495. The van der Waals surface area contributed by atoms with Crippen molar-refractivity contribution in [3.8, 4) is 0 Å². The normalized spacial score (nSPS) is 11.7. The highest BCUT2D eigenvalue weighted by Crippen LogP contribution is 2.25. The lowest BCUT2D eigenvalue weighted by Crippen LogP contribution is -2.43. The third-order valence-corrected chi connectivity index (χ3v) is 4.93. The van der Waals surface area contributed by atoms with Crippen molar-refractivity contribution in [2.45, 2.75) is 52.6 Å². The van der Waals surface area contributed by atoms with Crippen LogP contribution in [0, 0.1) is 0 Å². The Balaban J connectivity index is 2.10. The molecule has 0 bridgehead atoms. The van der Waals surface area contributed by atoms with Gasteiger partial charge in [0.15, 0.2) is 0 Å². The van der Waals surface area contributed by atoms with E-state index in [0.29, 0.717) is 10.7 Å². The van der Waals surface area contributed by atoms with E-state index in [1.54, 1.807) is 26.0 Å². The molecule has 0 amide bonds. The van der Waals surface area contributed by atoms with Crippen molar-refractivity contribution in [2.24, 2.45) is 0 Å². The summed E-state index contributed by atoms with van der Waals surface area (Å²) in [7, 11) is 0. The van der Waals surface area contributed by atoms with Crippen molar-refractivity contribution in [3.05, 3.63) is 79.8 Å². The van der Waals surface area contributed by atoms with E-state index in [2.05, 4.69) is 36.1 Å². The van der Waals surface area contributed by atoms with Crippen LogP contribution in [0.4, 0.5) is 11.6 Å². The number of nitrogens with zero attached hydrogens (tertiary/aromatic N) is 4. The molecule has 0 unspecified atom stereocenters. The van der Waals surface area contributed by atoms with Crippen LogP contribution in [0.15, 0.2) is 52.2 Å². The molecular weight excluding hydrogens is 402 g/mol. The molecule has 0 spiro atoms. The van der Waals surface area contributed by atoms with Gasteiger partial charge in [0.05, 0.1) is 17.3 Å². The minimum absolute atomic E-state index is 0.0426. The molecule has 3 rings (SSSR count). The van der Waals surface area contributed by atoms with Crippen molar-refractivity contribution >= 4 is 23.2 Å². The number of hydrogen-bond donors (Lipinski definition) is 1. The maximum atomic E-state index is 13.1. The Morgan fingerprint density at radius 2 is 1.87 bits per heavy atom. The molecule has 0 saturated heterocycles. The number of hydrogen-bond acceptors (Lipinski definition) is 5. The zero-order valence-electron chi connectivity index (χ0n) is 17.8. The first-order chi connectivity index (χ1) is 14.1. The lowest BCUT2D eigenvalue weighted by atomic mass is 9.87. The van der Waals surface area contributed by atoms with Crippen LogP contribution < -0.4 is 16.7 Å². The highest BCUT2D eigenvalue weighted by Gasteiger charge is 2.18. The molecular formula is C22H26ClN5O2. The number of nitrogens with one attached hydrogen (secondary N) is 1. The number of halogens is 1. The topological polar surface area (TPSA) is 81.8 Å². The summed E-state index contributed by atoms with van der Waals surface area (Å²) in [6, 6.07) is 11.0. The van der Waals surface area contributed by atoms with Gasteiger partial charge in [0.2, 0.25) is 5.95 Å². The van der Waals surface area contributed by atoms with Gasteiger partial charge in [0.1, 0.15) is 0 Å². The minimum Gasteiger partial charge on any atom is -0.325 e. The van der Waals surface area contributed by atoms with Crippen LogP contribution >= 0.6 is 11.6 Å². The van der Waals surface area contributed by atoms with Crippen LogP contribution in [0.5, 0.6) is 0 Å². The summed E-state index contributed by atoms with van der Waals surface area (Å²) in [6.07, 6.45) is 1.52. The molecule has 0 radical (unpaired) electrons. The number of pyridine rings is 1. The number of rotatable bonds is 5. The van der Waals surface area contributed by atoms with E-state index in [1.807, 2.05) is 24.3 Å². The summed E-state index contributed by atoms with van der Waals surface area (Å²) in [5, 5.41) is 3.66. The third-order valence-electron chi connectivity index (χ3n) is 4.71. The van der Waals surface area contributed by atoms with Crippen molar-refractivity contribution in [3.63, 3.8) is 0 Å². The molecule has 0 aliphatic carbocycles. The maximum absolute atomic E-state index is 13.1. The highest BCUT2D eigenvalue weighted by atomic mass is 35.5. The largest absolute Gasteiger partial charge is 0.355 e. The van der Waals surface area contributed by atoms with E-state index in [4.69, 9.17) is 11.6 Å². The summed E-state index contributed by atoms with van der Waals surface area (Å²) in [5.74, 6) is 0.171. The predicted molar refractivity (Wildman–Crippen MR) is 120 cm³/mol. The number of aromatic nitrogens is 4. The van der Waals surface area contributed by atoms with E-state index >= 15 is 0 Å². The van der Waals surface area contributed by atoms with E-state index in [0.717, 1.165) is 15.8 Å². The van der Waals surface area contributed by atoms with Crippen molar-refractivity contribution < 1.29 is 0 Å². The summed E-state index contributed by atoms with van der Waals surface area (Å²) >= 11 is 5.92. The van der Waals surface area contributed by atoms with Crippen molar-refractivity contribution in [1.29, 1.82) is 0 Å². The van der Waals surface area contributed by atoms with Gasteiger partial charge in [-0.2, -0.15) is 4.98 Å². The first kappa shape index (κ1) is 21.8. The standard InChI is InChI=1S/C22H26ClN5O2/c1-14(2)28-20(29)26-19(25-17-8-6-7-15(11-17)22(3,4)5)27(21(28)30)13-18-10-9-16(23)12-24-18/h6-12,14H,13H2,1-5H3,(H,25,26,29). The summed E-state index contributed by atoms with van der Waals surface area (Å²) in [4.78, 5) is 34.1. The van der Waals surface area contributed by atoms with Crippen molar-refractivity contribution in [1.82, 2.24) is 19.1 Å². The first-order valence-electron chi connectivity index (χ1n) is 9.77. The van der Waals surface area contributed by atoms with E-state index < -0.39 is 11.4 Å². The van der Waals surface area contributed by atoms with Gasteiger partial charge in [-0.15, -0.1) is 0 Å². The van der Waals surface area contributed by atoms with Gasteiger partial charge in [-0.05, 0) is 49.1 Å². The second-order valence-corrected chi connectivity index (χ2v) is 8.91. The molecule has 7 nitrogen and oxygen atoms in total. The SMILES string of the molecule is CC(C)n1c(=O)nc(Nc2cccc(C(C)(C)C)c2)n(Cc2ccc(Cl)cn2)c1=O. The molecule has 1 aromatic carbocycles. The van der Waals surface area contributed by atoms with Gasteiger partial charge in [-0.1, -0.05) is 44.5 Å². The Hall–Kier alpha value is -2.93. The fourth-order valence-electron chi connectivity index (χ4n) is 3.04. The fourth-order valence-corrected chi connectivity index (χ4v) is 3.15. The number of anilines is 2.